The number of nitrogens with zero attached hydrogens (tertiary/aromatic N) is 6. The third-order valence-electron chi connectivity index (χ3n) is 6.51. The molecular formula is C29H38BrN9O2. The standard InChI is InChI=1S/C19H23N5O.C10H15BrN4O/c1-15-2-5-18(20)12-17(15)4-3-16-13-22-19(23-14-16)21-6-7-24-8-10-25-11-9-24;11-9-7-13-10(14-8-9)12-1-2-15-3-5-16-6-4-15/h2,5,12-14H,6-11,20H2,1H3,(H,21,22,23);7-8H,1-6H2,(H,12,13,14). The van der Waals surface area contributed by atoms with Crippen LogP contribution in [0.4, 0.5) is 17.6 Å². The Morgan fingerprint density at radius 1 is 0.805 bits per heavy atom. The van der Waals surface area contributed by atoms with Crippen molar-refractivity contribution in [3.63, 3.8) is 0 Å². The van der Waals surface area contributed by atoms with Crippen LogP contribution in [0.1, 0.15) is 16.7 Å². The van der Waals surface area contributed by atoms with Gasteiger partial charge in [0.05, 0.1) is 36.5 Å². The number of halogens is 1. The summed E-state index contributed by atoms with van der Waals surface area (Å²) in [5.41, 5.74) is 9.32. The van der Waals surface area contributed by atoms with E-state index < -0.39 is 0 Å². The molecule has 2 aliphatic rings. The Morgan fingerprint density at radius 3 is 1.85 bits per heavy atom. The molecule has 2 aliphatic heterocycles. The summed E-state index contributed by atoms with van der Waals surface area (Å²) in [6.07, 6.45) is 6.95. The van der Waals surface area contributed by atoms with E-state index >= 15 is 0 Å². The predicted octanol–water partition coefficient (Wildman–Crippen LogP) is 2.49. The maximum atomic E-state index is 5.81. The van der Waals surface area contributed by atoms with Crippen molar-refractivity contribution in [2.24, 2.45) is 0 Å². The number of hydrogen-bond acceptors (Lipinski definition) is 11. The van der Waals surface area contributed by atoms with E-state index in [9.17, 15) is 0 Å². The van der Waals surface area contributed by atoms with Gasteiger partial charge in [-0.1, -0.05) is 17.9 Å². The summed E-state index contributed by atoms with van der Waals surface area (Å²) in [7, 11) is 0. The Bertz CT molecular complexity index is 1250. The van der Waals surface area contributed by atoms with E-state index in [0.717, 1.165) is 99.9 Å². The summed E-state index contributed by atoms with van der Waals surface area (Å²) in [4.78, 5) is 21.7. The lowest BCUT2D eigenvalue weighted by Gasteiger charge is -2.26. The first-order valence-corrected chi connectivity index (χ1v) is 14.6. The van der Waals surface area contributed by atoms with Crippen LogP contribution in [0.5, 0.6) is 0 Å². The van der Waals surface area contributed by atoms with E-state index in [1.165, 1.54) is 0 Å². The minimum Gasteiger partial charge on any atom is -0.399 e. The number of nitrogens with two attached hydrogens (primary N) is 1. The van der Waals surface area contributed by atoms with Gasteiger partial charge in [-0.15, -0.1) is 0 Å². The minimum absolute atomic E-state index is 0.624. The van der Waals surface area contributed by atoms with Gasteiger partial charge in [-0.25, -0.2) is 19.9 Å². The molecular weight excluding hydrogens is 586 g/mol. The maximum Gasteiger partial charge on any atom is 0.222 e. The molecule has 2 saturated heterocycles. The van der Waals surface area contributed by atoms with Gasteiger partial charge in [-0.2, -0.15) is 0 Å². The van der Waals surface area contributed by atoms with Crippen molar-refractivity contribution in [3.8, 4) is 11.8 Å². The number of aryl methyl sites for hydroxylation is 1. The van der Waals surface area contributed by atoms with Crippen LogP contribution in [0.15, 0.2) is 47.5 Å². The normalized spacial score (nSPS) is 15.7. The Kier molecular flexibility index (Phi) is 12.6. The number of hydrogen-bond donors (Lipinski definition) is 3. The number of aromatic nitrogens is 4. The second kappa shape index (κ2) is 16.8. The summed E-state index contributed by atoms with van der Waals surface area (Å²) in [6.45, 7) is 13.0. The highest BCUT2D eigenvalue weighted by atomic mass is 79.9. The third-order valence-corrected chi connectivity index (χ3v) is 6.91. The predicted molar refractivity (Wildman–Crippen MR) is 165 cm³/mol. The topological polar surface area (TPSA) is 127 Å². The second-order valence-corrected chi connectivity index (χ2v) is 10.5. The van der Waals surface area contributed by atoms with Gasteiger partial charge in [0.15, 0.2) is 0 Å². The molecule has 12 heteroatoms. The summed E-state index contributed by atoms with van der Waals surface area (Å²) >= 11 is 3.30. The molecule has 4 N–H and O–H groups in total. The van der Waals surface area contributed by atoms with Crippen LogP contribution >= 0.6 is 15.9 Å². The third kappa shape index (κ3) is 11.2. The van der Waals surface area contributed by atoms with Crippen LogP contribution < -0.4 is 16.4 Å². The molecule has 0 unspecified atom stereocenters. The number of ether oxygens (including phenoxy) is 2. The largest absolute Gasteiger partial charge is 0.399 e. The summed E-state index contributed by atoms with van der Waals surface area (Å²) in [5, 5.41) is 6.43. The van der Waals surface area contributed by atoms with Crippen LogP contribution in [0.25, 0.3) is 0 Å². The molecule has 0 amide bonds. The molecule has 3 aromatic rings. The molecule has 0 saturated carbocycles. The molecule has 4 heterocycles. The molecule has 5 rings (SSSR count). The van der Waals surface area contributed by atoms with Gasteiger partial charge in [-0.3, -0.25) is 9.80 Å². The molecule has 0 spiro atoms. The van der Waals surface area contributed by atoms with Gasteiger partial charge in [0.1, 0.15) is 0 Å². The Hall–Kier alpha value is -3.34. The number of rotatable bonds is 8. The van der Waals surface area contributed by atoms with Gasteiger partial charge in [0.25, 0.3) is 0 Å². The average Bonchev–Trinajstić information content (AvgIpc) is 3.01. The summed E-state index contributed by atoms with van der Waals surface area (Å²) in [5.74, 6) is 7.51. The minimum atomic E-state index is 0.624. The van der Waals surface area contributed by atoms with E-state index in [2.05, 4.69) is 68.1 Å². The molecule has 1 aromatic carbocycles. The number of anilines is 3. The Balaban J connectivity index is 0.000000208. The van der Waals surface area contributed by atoms with Crippen molar-refractivity contribution in [3.05, 3.63) is 64.1 Å². The van der Waals surface area contributed by atoms with Gasteiger partial charge < -0.3 is 25.8 Å². The van der Waals surface area contributed by atoms with E-state index in [0.29, 0.717) is 17.6 Å². The molecule has 2 aromatic heterocycles. The van der Waals surface area contributed by atoms with Crippen LogP contribution in [-0.2, 0) is 9.47 Å². The maximum absolute atomic E-state index is 5.81. The highest BCUT2D eigenvalue weighted by Gasteiger charge is 2.10. The number of morpholine rings is 2. The average molecular weight is 625 g/mol. The van der Waals surface area contributed by atoms with Gasteiger partial charge >= 0.3 is 0 Å². The lowest BCUT2D eigenvalue weighted by Crippen LogP contribution is -2.39. The van der Waals surface area contributed by atoms with E-state index in [1.54, 1.807) is 24.8 Å². The van der Waals surface area contributed by atoms with Crippen LogP contribution in [0, 0.1) is 18.8 Å². The first kappa shape index (κ1) is 30.6. The Morgan fingerprint density at radius 2 is 1.32 bits per heavy atom. The fourth-order valence-electron chi connectivity index (χ4n) is 4.10. The Labute approximate surface area is 250 Å². The highest BCUT2D eigenvalue weighted by Crippen LogP contribution is 2.11. The lowest BCUT2D eigenvalue weighted by molar-refractivity contribution is 0.0398. The van der Waals surface area contributed by atoms with E-state index in [1.807, 2.05) is 25.1 Å². The molecule has 41 heavy (non-hydrogen) atoms. The van der Waals surface area contributed by atoms with Crippen molar-refractivity contribution in [2.45, 2.75) is 6.92 Å². The van der Waals surface area contributed by atoms with Crippen molar-refractivity contribution in [1.29, 1.82) is 0 Å². The first-order valence-electron chi connectivity index (χ1n) is 13.8. The zero-order valence-corrected chi connectivity index (χ0v) is 25.1. The summed E-state index contributed by atoms with van der Waals surface area (Å²) < 4.78 is 11.5. The SMILES string of the molecule is Brc1cnc(NCCN2CCOCC2)nc1.Cc1ccc(N)cc1C#Cc1cnc(NCCN2CCOCC2)nc1. The number of nitrogen functional groups attached to an aromatic ring is 1. The quantitative estimate of drug-likeness (QED) is 0.253. The smallest absolute Gasteiger partial charge is 0.222 e. The molecule has 0 bridgehead atoms. The molecule has 2 fully saturated rings. The number of benzene rings is 1. The van der Waals surface area contributed by atoms with Gasteiger partial charge in [-0.05, 0) is 40.5 Å². The highest BCUT2D eigenvalue weighted by molar-refractivity contribution is 9.10. The molecule has 11 nitrogen and oxygen atoms in total. The molecule has 0 aliphatic carbocycles. The van der Waals surface area contributed by atoms with E-state index in [-0.39, 0.29) is 0 Å². The monoisotopic (exact) mass is 623 g/mol. The number of nitrogens with one attached hydrogen (secondary N) is 2. The zero-order valence-electron chi connectivity index (χ0n) is 23.5. The molecule has 0 radical (unpaired) electrons. The molecule has 218 valence electrons. The van der Waals surface area contributed by atoms with Gasteiger partial charge in [0.2, 0.25) is 11.9 Å². The second-order valence-electron chi connectivity index (χ2n) is 9.61. The van der Waals surface area contributed by atoms with Crippen LogP contribution in [-0.4, -0.2) is 109 Å². The fraction of sp³-hybridized carbons (Fsp3) is 0.448. The first-order chi connectivity index (χ1) is 20.0. The van der Waals surface area contributed by atoms with Crippen LogP contribution in [0.3, 0.4) is 0 Å². The fourth-order valence-corrected chi connectivity index (χ4v) is 4.31. The zero-order chi connectivity index (χ0) is 28.7. The van der Waals surface area contributed by atoms with Gasteiger partial charge in [0, 0.05) is 88.4 Å². The van der Waals surface area contributed by atoms with Crippen molar-refractivity contribution < 1.29 is 9.47 Å². The van der Waals surface area contributed by atoms with Crippen molar-refractivity contribution in [2.75, 3.05) is 95.2 Å². The molecule has 0 atom stereocenters. The van der Waals surface area contributed by atoms with Crippen molar-refractivity contribution in [1.82, 2.24) is 29.7 Å². The van der Waals surface area contributed by atoms with Crippen LogP contribution in [0.2, 0.25) is 0 Å². The van der Waals surface area contributed by atoms with Crippen molar-refractivity contribution >= 4 is 33.5 Å². The summed E-state index contributed by atoms with van der Waals surface area (Å²) in [6, 6.07) is 5.73. The van der Waals surface area contributed by atoms with E-state index in [4.69, 9.17) is 15.2 Å². The lowest BCUT2D eigenvalue weighted by atomic mass is 10.1.